The second kappa shape index (κ2) is 7.92. The van der Waals surface area contributed by atoms with Crippen LogP contribution in [0.4, 0.5) is 0 Å². The van der Waals surface area contributed by atoms with Crippen LogP contribution in [0.1, 0.15) is 37.9 Å². The van der Waals surface area contributed by atoms with Gasteiger partial charge in [-0.3, -0.25) is 14.8 Å². The van der Waals surface area contributed by atoms with Gasteiger partial charge in [0.05, 0.1) is 12.7 Å². The summed E-state index contributed by atoms with van der Waals surface area (Å²) in [5.74, 6) is -0.00491. The molecule has 2 N–H and O–H groups in total. The first-order valence-corrected chi connectivity index (χ1v) is 8.06. The summed E-state index contributed by atoms with van der Waals surface area (Å²) in [4.78, 5) is 12.6. The first-order chi connectivity index (χ1) is 11.0. The summed E-state index contributed by atoms with van der Waals surface area (Å²) in [6.07, 6.45) is 3.84. The fourth-order valence-corrected chi connectivity index (χ4v) is 2.52. The summed E-state index contributed by atoms with van der Waals surface area (Å²) < 4.78 is 1.90. The Morgan fingerprint density at radius 1 is 1.22 bits per heavy atom. The molecular formula is C18H26N4O. The summed E-state index contributed by atoms with van der Waals surface area (Å²) in [6.45, 7) is 8.73. The molecule has 0 radical (unpaired) electrons. The molecule has 1 amide bonds. The predicted molar refractivity (Wildman–Crippen MR) is 92.0 cm³/mol. The molecule has 2 atom stereocenters. The van der Waals surface area contributed by atoms with E-state index in [1.165, 1.54) is 0 Å². The van der Waals surface area contributed by atoms with Crippen molar-refractivity contribution in [2.75, 3.05) is 0 Å². The molecule has 1 aromatic heterocycles. The number of aryl methyl sites for hydroxylation is 1. The largest absolute Gasteiger partial charge is 0.352 e. The van der Waals surface area contributed by atoms with Gasteiger partial charge in [-0.25, -0.2) is 0 Å². The van der Waals surface area contributed by atoms with E-state index in [4.69, 9.17) is 0 Å². The lowest BCUT2D eigenvalue weighted by Crippen LogP contribution is -2.44. The van der Waals surface area contributed by atoms with E-state index >= 15 is 0 Å². The lowest BCUT2D eigenvalue weighted by molar-refractivity contribution is -0.124. The smallest absolute Gasteiger partial charge is 0.241 e. The molecule has 2 rings (SSSR count). The summed E-state index contributed by atoms with van der Waals surface area (Å²) in [5.41, 5.74) is 2.10. The van der Waals surface area contributed by atoms with E-state index < -0.39 is 0 Å². The number of hydrogen-bond acceptors (Lipinski definition) is 3. The quantitative estimate of drug-likeness (QED) is 0.825. The maximum Gasteiger partial charge on any atom is 0.241 e. The van der Waals surface area contributed by atoms with Gasteiger partial charge in [0.1, 0.15) is 6.04 Å². The van der Waals surface area contributed by atoms with Crippen molar-refractivity contribution in [3.8, 4) is 0 Å². The van der Waals surface area contributed by atoms with Crippen LogP contribution in [0.3, 0.4) is 0 Å². The standard InChI is InChI=1S/C18H26N4O/c1-13(2)20-18(23)17(16-8-6-5-7-9-16)21-15(4)12-22-11-14(3)10-19-22/h5-11,13,15,17,21H,12H2,1-4H3,(H,20,23)/t15-,17-/m0/s1. The number of carbonyl (C=O) groups excluding carboxylic acids is 1. The van der Waals surface area contributed by atoms with E-state index in [1.54, 1.807) is 0 Å². The summed E-state index contributed by atoms with van der Waals surface area (Å²) in [5, 5.41) is 10.7. The third-order valence-corrected chi connectivity index (χ3v) is 3.50. The van der Waals surface area contributed by atoms with Crippen molar-refractivity contribution in [3.05, 3.63) is 53.9 Å². The lowest BCUT2D eigenvalue weighted by Gasteiger charge is -2.24. The van der Waals surface area contributed by atoms with Crippen LogP contribution in [-0.4, -0.2) is 27.8 Å². The second-order valence-corrected chi connectivity index (χ2v) is 6.31. The Bertz CT molecular complexity index is 621. The molecule has 124 valence electrons. The summed E-state index contributed by atoms with van der Waals surface area (Å²) in [7, 11) is 0. The molecule has 0 unspecified atom stereocenters. The number of rotatable bonds is 7. The van der Waals surface area contributed by atoms with Crippen molar-refractivity contribution in [1.29, 1.82) is 0 Å². The number of amides is 1. The molecule has 0 fully saturated rings. The molecule has 1 heterocycles. The van der Waals surface area contributed by atoms with Crippen LogP contribution in [0.15, 0.2) is 42.7 Å². The minimum absolute atomic E-state index is 0.00491. The topological polar surface area (TPSA) is 59.0 Å². The average Bonchev–Trinajstić information content (AvgIpc) is 2.90. The normalized spacial score (nSPS) is 13.8. The highest BCUT2D eigenvalue weighted by Crippen LogP contribution is 2.14. The van der Waals surface area contributed by atoms with Gasteiger partial charge in [-0.05, 0) is 38.8 Å². The Morgan fingerprint density at radius 3 is 2.48 bits per heavy atom. The highest BCUT2D eigenvalue weighted by Gasteiger charge is 2.22. The molecular weight excluding hydrogens is 288 g/mol. The van der Waals surface area contributed by atoms with Crippen LogP contribution in [0.2, 0.25) is 0 Å². The molecule has 0 aliphatic carbocycles. The van der Waals surface area contributed by atoms with Gasteiger partial charge >= 0.3 is 0 Å². The van der Waals surface area contributed by atoms with Crippen molar-refractivity contribution in [2.24, 2.45) is 0 Å². The minimum Gasteiger partial charge on any atom is -0.352 e. The first kappa shape index (κ1) is 17.2. The number of hydrogen-bond donors (Lipinski definition) is 2. The van der Waals surface area contributed by atoms with Crippen LogP contribution < -0.4 is 10.6 Å². The Kier molecular flexibility index (Phi) is 5.93. The molecule has 0 saturated heterocycles. The van der Waals surface area contributed by atoms with Gasteiger partial charge in [0, 0.05) is 18.3 Å². The van der Waals surface area contributed by atoms with E-state index in [2.05, 4.69) is 22.7 Å². The first-order valence-electron chi connectivity index (χ1n) is 8.06. The SMILES string of the molecule is Cc1cnn(C[C@H](C)N[C@H](C(=O)NC(C)C)c2ccccc2)c1. The third-order valence-electron chi connectivity index (χ3n) is 3.50. The number of nitrogens with zero attached hydrogens (tertiary/aromatic N) is 2. The Hall–Kier alpha value is -2.14. The van der Waals surface area contributed by atoms with Gasteiger partial charge in [-0.2, -0.15) is 5.10 Å². The Labute approximate surface area is 138 Å². The Morgan fingerprint density at radius 2 is 1.91 bits per heavy atom. The number of carbonyl (C=O) groups is 1. The van der Waals surface area contributed by atoms with Crippen LogP contribution in [0.25, 0.3) is 0 Å². The summed E-state index contributed by atoms with van der Waals surface area (Å²) in [6, 6.07) is 9.66. The number of aromatic nitrogens is 2. The van der Waals surface area contributed by atoms with Crippen LogP contribution >= 0.6 is 0 Å². The van der Waals surface area contributed by atoms with Gasteiger partial charge in [0.15, 0.2) is 0 Å². The van der Waals surface area contributed by atoms with Gasteiger partial charge < -0.3 is 5.32 Å². The average molecular weight is 314 g/mol. The fourth-order valence-electron chi connectivity index (χ4n) is 2.52. The van der Waals surface area contributed by atoms with Gasteiger partial charge in [-0.15, -0.1) is 0 Å². The van der Waals surface area contributed by atoms with Gasteiger partial charge in [0.25, 0.3) is 0 Å². The maximum absolute atomic E-state index is 12.6. The fraction of sp³-hybridized carbons (Fsp3) is 0.444. The van der Waals surface area contributed by atoms with E-state index in [1.807, 2.05) is 68.2 Å². The van der Waals surface area contributed by atoms with E-state index in [0.29, 0.717) is 6.54 Å². The molecule has 0 bridgehead atoms. The molecule has 23 heavy (non-hydrogen) atoms. The van der Waals surface area contributed by atoms with Crippen molar-refractivity contribution >= 4 is 5.91 Å². The van der Waals surface area contributed by atoms with Crippen LogP contribution in [0, 0.1) is 6.92 Å². The zero-order valence-corrected chi connectivity index (χ0v) is 14.3. The molecule has 5 heteroatoms. The van der Waals surface area contributed by atoms with Crippen molar-refractivity contribution < 1.29 is 4.79 Å². The lowest BCUT2D eigenvalue weighted by atomic mass is 10.0. The third kappa shape index (κ3) is 5.21. The van der Waals surface area contributed by atoms with Crippen molar-refractivity contribution in [3.63, 3.8) is 0 Å². The van der Waals surface area contributed by atoms with E-state index in [9.17, 15) is 4.79 Å². The molecule has 0 saturated carbocycles. The highest BCUT2D eigenvalue weighted by atomic mass is 16.2. The Balaban J connectivity index is 2.09. The zero-order valence-electron chi connectivity index (χ0n) is 14.3. The molecule has 0 aliphatic heterocycles. The van der Waals surface area contributed by atoms with Gasteiger partial charge in [0.2, 0.25) is 5.91 Å². The molecule has 0 spiro atoms. The number of benzene rings is 1. The summed E-state index contributed by atoms with van der Waals surface area (Å²) >= 11 is 0. The molecule has 0 aliphatic rings. The van der Waals surface area contributed by atoms with E-state index in [0.717, 1.165) is 11.1 Å². The molecule has 2 aromatic rings. The van der Waals surface area contributed by atoms with Gasteiger partial charge in [-0.1, -0.05) is 30.3 Å². The highest BCUT2D eigenvalue weighted by molar-refractivity contribution is 5.83. The second-order valence-electron chi connectivity index (χ2n) is 6.31. The van der Waals surface area contributed by atoms with E-state index in [-0.39, 0.29) is 24.0 Å². The molecule has 5 nitrogen and oxygen atoms in total. The maximum atomic E-state index is 12.6. The monoisotopic (exact) mass is 314 g/mol. The predicted octanol–water partition coefficient (Wildman–Crippen LogP) is 2.44. The van der Waals surface area contributed by atoms with Crippen molar-refractivity contribution in [1.82, 2.24) is 20.4 Å². The van der Waals surface area contributed by atoms with Crippen LogP contribution in [0.5, 0.6) is 0 Å². The molecule has 1 aromatic carbocycles. The number of nitrogens with one attached hydrogen (secondary N) is 2. The minimum atomic E-state index is -0.370. The van der Waals surface area contributed by atoms with Crippen LogP contribution in [-0.2, 0) is 11.3 Å². The zero-order chi connectivity index (χ0) is 16.8. The van der Waals surface area contributed by atoms with Crippen molar-refractivity contribution in [2.45, 2.75) is 52.4 Å².